The summed E-state index contributed by atoms with van der Waals surface area (Å²) in [6.07, 6.45) is -4.29. The van der Waals surface area contributed by atoms with Crippen molar-refractivity contribution < 1.29 is 13.2 Å². The summed E-state index contributed by atoms with van der Waals surface area (Å²) in [6, 6.07) is 5.38. The molecular formula is C15H20F3NS. The van der Waals surface area contributed by atoms with Crippen LogP contribution in [0.1, 0.15) is 26.3 Å². The van der Waals surface area contributed by atoms with Crippen LogP contribution in [0.4, 0.5) is 13.2 Å². The molecule has 1 nitrogen and oxygen atoms in total. The van der Waals surface area contributed by atoms with Crippen LogP contribution in [0.2, 0.25) is 0 Å². The molecule has 0 aromatic heterocycles. The molecule has 1 aromatic carbocycles. The second-order valence-electron chi connectivity index (χ2n) is 5.67. The molecule has 112 valence electrons. The van der Waals surface area contributed by atoms with Gasteiger partial charge < -0.3 is 5.32 Å². The Labute approximate surface area is 122 Å². The molecule has 5 heteroatoms. The normalized spacial score (nSPS) is 12.5. The van der Waals surface area contributed by atoms with Crippen molar-refractivity contribution in [3.8, 4) is 0 Å². The number of hydrogen-bond acceptors (Lipinski definition) is 2. The molecule has 0 bridgehead atoms. The minimum absolute atomic E-state index is 0.00378. The lowest BCUT2D eigenvalue weighted by atomic mass is 10.1. The lowest BCUT2D eigenvalue weighted by Gasteiger charge is -2.21. The third-order valence-corrected chi connectivity index (χ3v) is 3.61. The van der Waals surface area contributed by atoms with Crippen LogP contribution in [-0.4, -0.2) is 17.8 Å². The highest BCUT2D eigenvalue weighted by molar-refractivity contribution is 7.99. The van der Waals surface area contributed by atoms with E-state index >= 15 is 0 Å². The minimum Gasteiger partial charge on any atom is -0.308 e. The highest BCUT2D eigenvalue weighted by atomic mass is 32.2. The first-order valence-corrected chi connectivity index (χ1v) is 7.28. The van der Waals surface area contributed by atoms with Crippen LogP contribution >= 0.6 is 11.8 Å². The zero-order valence-electron chi connectivity index (χ0n) is 12.0. The first kappa shape index (κ1) is 17.1. The van der Waals surface area contributed by atoms with E-state index in [0.717, 1.165) is 11.6 Å². The summed E-state index contributed by atoms with van der Waals surface area (Å²) in [5.41, 5.74) is 0.354. The van der Waals surface area contributed by atoms with Crippen LogP contribution in [0, 0.1) is 0 Å². The molecule has 0 aliphatic heterocycles. The van der Waals surface area contributed by atoms with Crippen LogP contribution in [0.25, 0.3) is 0 Å². The molecule has 1 N–H and O–H groups in total. The van der Waals surface area contributed by atoms with Gasteiger partial charge in [0, 0.05) is 22.7 Å². The molecule has 1 aromatic rings. The minimum atomic E-state index is -4.29. The van der Waals surface area contributed by atoms with E-state index in [4.69, 9.17) is 0 Å². The van der Waals surface area contributed by atoms with Gasteiger partial charge in [0.25, 0.3) is 0 Å². The highest BCUT2D eigenvalue weighted by Gasteiger charge is 2.30. The summed E-state index contributed by atoms with van der Waals surface area (Å²) in [4.78, 5) is 0.608. The summed E-state index contributed by atoms with van der Waals surface area (Å²) >= 11 is 1.37. The number of alkyl halides is 3. The van der Waals surface area contributed by atoms with E-state index in [1.165, 1.54) is 23.9 Å². The smallest absolute Gasteiger partial charge is 0.308 e. The van der Waals surface area contributed by atoms with Crippen molar-refractivity contribution in [1.82, 2.24) is 5.32 Å². The van der Waals surface area contributed by atoms with Crippen LogP contribution in [0.15, 0.2) is 41.3 Å². The quantitative estimate of drug-likeness (QED) is 0.623. The van der Waals surface area contributed by atoms with Gasteiger partial charge in [0.1, 0.15) is 0 Å². The van der Waals surface area contributed by atoms with E-state index in [9.17, 15) is 13.2 Å². The Hall–Kier alpha value is -0.940. The van der Waals surface area contributed by atoms with E-state index in [-0.39, 0.29) is 5.54 Å². The van der Waals surface area contributed by atoms with Crippen LogP contribution in [0.3, 0.4) is 0 Å². The molecule has 0 saturated carbocycles. The molecule has 20 heavy (non-hydrogen) atoms. The highest BCUT2D eigenvalue weighted by Crippen LogP contribution is 2.32. The predicted octanol–water partition coefficient (Wildman–Crippen LogP) is 4.74. The van der Waals surface area contributed by atoms with Crippen molar-refractivity contribution in [2.24, 2.45) is 0 Å². The Bertz CT molecular complexity index is 461. The fourth-order valence-corrected chi connectivity index (χ4v) is 2.25. The van der Waals surface area contributed by atoms with Gasteiger partial charge in [-0.2, -0.15) is 13.2 Å². The fourth-order valence-electron chi connectivity index (χ4n) is 1.39. The van der Waals surface area contributed by atoms with E-state index < -0.39 is 11.7 Å². The topological polar surface area (TPSA) is 12.0 Å². The average Bonchev–Trinajstić information content (AvgIpc) is 2.32. The molecule has 0 aliphatic carbocycles. The Kier molecular flexibility index (Phi) is 5.71. The second kappa shape index (κ2) is 6.68. The van der Waals surface area contributed by atoms with Crippen molar-refractivity contribution in [3.63, 3.8) is 0 Å². The lowest BCUT2D eigenvalue weighted by Crippen LogP contribution is -2.37. The molecule has 0 aliphatic rings. The van der Waals surface area contributed by atoms with Gasteiger partial charge in [-0.05, 0) is 39.0 Å². The van der Waals surface area contributed by atoms with Gasteiger partial charge in [0.15, 0.2) is 0 Å². The number of halogens is 3. The van der Waals surface area contributed by atoms with Crippen molar-refractivity contribution in [2.75, 3.05) is 12.3 Å². The average molecular weight is 303 g/mol. The monoisotopic (exact) mass is 303 g/mol. The van der Waals surface area contributed by atoms with Crippen LogP contribution in [-0.2, 0) is 6.18 Å². The maximum absolute atomic E-state index is 12.6. The largest absolute Gasteiger partial charge is 0.416 e. The van der Waals surface area contributed by atoms with E-state index in [0.29, 0.717) is 17.2 Å². The molecule has 0 heterocycles. The van der Waals surface area contributed by atoms with Gasteiger partial charge in [-0.1, -0.05) is 18.2 Å². The Morgan fingerprint density at radius 3 is 2.45 bits per heavy atom. The number of thioether (sulfide) groups is 1. The van der Waals surface area contributed by atoms with Gasteiger partial charge >= 0.3 is 6.18 Å². The second-order valence-corrected chi connectivity index (χ2v) is 6.72. The zero-order chi connectivity index (χ0) is 15.4. The predicted molar refractivity (Wildman–Crippen MR) is 79.1 cm³/mol. The third-order valence-electron chi connectivity index (χ3n) is 2.47. The lowest BCUT2D eigenvalue weighted by molar-refractivity contribution is -0.137. The fraction of sp³-hybridized carbons (Fsp3) is 0.467. The van der Waals surface area contributed by atoms with Gasteiger partial charge in [0.05, 0.1) is 5.56 Å². The van der Waals surface area contributed by atoms with Crippen LogP contribution < -0.4 is 5.32 Å². The molecule has 0 atom stereocenters. The summed E-state index contributed by atoms with van der Waals surface area (Å²) in [6.45, 7) is 10.8. The number of benzene rings is 1. The molecule has 0 unspecified atom stereocenters. The molecule has 0 radical (unpaired) electrons. The third kappa shape index (κ3) is 6.48. The maximum atomic E-state index is 12.6. The molecular weight excluding hydrogens is 283 g/mol. The van der Waals surface area contributed by atoms with Gasteiger partial charge in [-0.15, -0.1) is 11.8 Å². The Morgan fingerprint density at radius 2 is 1.90 bits per heavy atom. The van der Waals surface area contributed by atoms with Crippen molar-refractivity contribution in [3.05, 3.63) is 42.0 Å². The molecule has 0 fully saturated rings. The molecule has 0 amide bonds. The standard InChI is InChI=1S/C15H20F3NS/c1-11(9-19-14(2,3)4)10-20-13-7-5-6-12(8-13)15(16,17)18/h5-8,19H,1,9-10H2,2-4H3. The SMILES string of the molecule is C=C(CNC(C)(C)C)CSc1cccc(C(F)(F)F)c1. The zero-order valence-corrected chi connectivity index (χ0v) is 12.8. The first-order chi connectivity index (χ1) is 9.08. The molecule has 0 spiro atoms. The van der Waals surface area contributed by atoms with Crippen molar-refractivity contribution >= 4 is 11.8 Å². The first-order valence-electron chi connectivity index (χ1n) is 6.30. The number of nitrogens with one attached hydrogen (secondary N) is 1. The number of rotatable bonds is 5. The van der Waals surface area contributed by atoms with Crippen LogP contribution in [0.5, 0.6) is 0 Å². The molecule has 1 rings (SSSR count). The molecule has 0 saturated heterocycles. The number of hydrogen-bond donors (Lipinski definition) is 1. The maximum Gasteiger partial charge on any atom is 0.416 e. The van der Waals surface area contributed by atoms with E-state index in [1.54, 1.807) is 6.07 Å². The summed E-state index contributed by atoms with van der Waals surface area (Å²) in [5.74, 6) is 0.602. The summed E-state index contributed by atoms with van der Waals surface area (Å²) in [7, 11) is 0. The van der Waals surface area contributed by atoms with E-state index in [2.05, 4.69) is 32.7 Å². The summed E-state index contributed by atoms with van der Waals surface area (Å²) < 4.78 is 37.7. The van der Waals surface area contributed by atoms with Gasteiger partial charge in [0.2, 0.25) is 0 Å². The van der Waals surface area contributed by atoms with Crippen molar-refractivity contribution in [1.29, 1.82) is 0 Å². The Balaban J connectivity index is 2.52. The summed E-state index contributed by atoms with van der Waals surface area (Å²) in [5, 5.41) is 3.30. The van der Waals surface area contributed by atoms with Gasteiger partial charge in [-0.25, -0.2) is 0 Å². The van der Waals surface area contributed by atoms with Crippen molar-refractivity contribution in [2.45, 2.75) is 37.4 Å². The van der Waals surface area contributed by atoms with Gasteiger partial charge in [-0.3, -0.25) is 0 Å². The van der Waals surface area contributed by atoms with E-state index in [1.807, 2.05) is 0 Å². The Morgan fingerprint density at radius 1 is 1.25 bits per heavy atom.